The molecule has 0 saturated carbocycles. The average molecular weight is 198 g/mol. The molecule has 2 unspecified atom stereocenters. The fraction of sp³-hybridized carbons (Fsp3) is 0.400. The maximum Gasteiger partial charge on any atom is 0.0773 e. The molecule has 1 aromatic rings. The largest absolute Gasteiger partial charge is 0.389 e. The Hall–Kier alpha value is -0.670. The molecule has 0 spiro atoms. The monoisotopic (exact) mass is 198 g/mol. The third-order valence-electron chi connectivity index (χ3n) is 1.93. The van der Waals surface area contributed by atoms with Crippen LogP contribution in [0, 0.1) is 6.92 Å². The van der Waals surface area contributed by atoms with E-state index in [9.17, 15) is 9.32 Å². The molecule has 0 heterocycles. The second kappa shape index (κ2) is 4.03. The standard InChI is InChI=1S/C10H14O2S/c1-7-4-5-10(13(3)12)9(6-7)8(2)11/h4-6,8,11H,1-3H3. The van der Waals surface area contributed by atoms with Crippen molar-refractivity contribution in [2.24, 2.45) is 0 Å². The van der Waals surface area contributed by atoms with Gasteiger partial charge >= 0.3 is 0 Å². The molecular formula is C10H14O2S. The first-order valence-electron chi connectivity index (χ1n) is 4.14. The van der Waals surface area contributed by atoms with Gasteiger partial charge in [0, 0.05) is 11.2 Å². The van der Waals surface area contributed by atoms with E-state index >= 15 is 0 Å². The number of hydrogen-bond acceptors (Lipinski definition) is 2. The summed E-state index contributed by atoms with van der Waals surface area (Å²) in [6.45, 7) is 3.64. The van der Waals surface area contributed by atoms with Gasteiger partial charge in [-0.3, -0.25) is 4.21 Å². The minimum Gasteiger partial charge on any atom is -0.389 e. The number of benzene rings is 1. The van der Waals surface area contributed by atoms with E-state index in [1.807, 2.05) is 25.1 Å². The van der Waals surface area contributed by atoms with Gasteiger partial charge in [-0.25, -0.2) is 0 Å². The van der Waals surface area contributed by atoms with E-state index in [-0.39, 0.29) is 0 Å². The minimum atomic E-state index is -1.03. The van der Waals surface area contributed by atoms with Crippen molar-refractivity contribution in [2.45, 2.75) is 24.8 Å². The minimum absolute atomic E-state index is 0.557. The first-order valence-corrected chi connectivity index (χ1v) is 5.70. The van der Waals surface area contributed by atoms with Crippen LogP contribution in [0.4, 0.5) is 0 Å². The van der Waals surface area contributed by atoms with Crippen molar-refractivity contribution in [3.63, 3.8) is 0 Å². The molecule has 2 atom stereocenters. The first-order chi connectivity index (χ1) is 6.02. The Labute approximate surface area is 81.1 Å². The molecule has 0 radical (unpaired) electrons. The molecule has 3 heteroatoms. The Kier molecular flexibility index (Phi) is 3.22. The highest BCUT2D eigenvalue weighted by Crippen LogP contribution is 2.21. The Morgan fingerprint density at radius 1 is 1.46 bits per heavy atom. The maximum absolute atomic E-state index is 11.3. The van der Waals surface area contributed by atoms with Crippen LogP contribution in [0.25, 0.3) is 0 Å². The number of aryl methyl sites for hydroxylation is 1. The van der Waals surface area contributed by atoms with Gasteiger partial charge in [-0.15, -0.1) is 0 Å². The van der Waals surface area contributed by atoms with Crippen LogP contribution in [-0.4, -0.2) is 15.6 Å². The molecule has 1 aromatic carbocycles. The molecule has 0 bridgehead atoms. The Morgan fingerprint density at radius 2 is 2.08 bits per heavy atom. The summed E-state index contributed by atoms with van der Waals surface area (Å²) in [4.78, 5) is 0.723. The van der Waals surface area contributed by atoms with Crippen molar-refractivity contribution in [3.8, 4) is 0 Å². The van der Waals surface area contributed by atoms with E-state index in [0.29, 0.717) is 0 Å². The molecule has 0 aliphatic rings. The van der Waals surface area contributed by atoms with E-state index in [2.05, 4.69) is 0 Å². The van der Waals surface area contributed by atoms with Gasteiger partial charge in [0.15, 0.2) is 0 Å². The van der Waals surface area contributed by atoms with Gasteiger partial charge in [0.2, 0.25) is 0 Å². The quantitative estimate of drug-likeness (QED) is 0.786. The topological polar surface area (TPSA) is 37.3 Å². The van der Waals surface area contributed by atoms with Gasteiger partial charge in [0.1, 0.15) is 0 Å². The molecule has 0 saturated heterocycles. The van der Waals surface area contributed by atoms with Crippen LogP contribution < -0.4 is 0 Å². The van der Waals surface area contributed by atoms with E-state index in [0.717, 1.165) is 16.0 Å². The molecule has 0 fully saturated rings. The molecule has 0 aromatic heterocycles. The smallest absolute Gasteiger partial charge is 0.0773 e. The second-order valence-corrected chi connectivity index (χ2v) is 4.52. The SMILES string of the molecule is Cc1ccc(S(C)=O)c(C(C)O)c1. The Morgan fingerprint density at radius 3 is 2.54 bits per heavy atom. The number of rotatable bonds is 2. The normalized spacial score (nSPS) is 15.4. The van der Waals surface area contributed by atoms with Gasteiger partial charge < -0.3 is 5.11 Å². The van der Waals surface area contributed by atoms with Gasteiger partial charge in [0.25, 0.3) is 0 Å². The van der Waals surface area contributed by atoms with E-state index in [4.69, 9.17) is 0 Å². The van der Waals surface area contributed by atoms with Gasteiger partial charge in [-0.05, 0) is 25.5 Å². The molecule has 1 N–H and O–H groups in total. The summed E-state index contributed by atoms with van der Waals surface area (Å²) >= 11 is 0. The van der Waals surface area contributed by atoms with Crippen molar-refractivity contribution in [1.82, 2.24) is 0 Å². The Balaban J connectivity index is 3.26. The molecule has 2 nitrogen and oxygen atoms in total. The van der Waals surface area contributed by atoms with Crippen molar-refractivity contribution < 1.29 is 9.32 Å². The van der Waals surface area contributed by atoms with E-state index in [1.54, 1.807) is 13.2 Å². The lowest BCUT2D eigenvalue weighted by Gasteiger charge is -2.10. The zero-order valence-corrected chi connectivity index (χ0v) is 8.89. The molecule has 0 aliphatic carbocycles. The fourth-order valence-electron chi connectivity index (χ4n) is 1.26. The van der Waals surface area contributed by atoms with Crippen LogP contribution in [0.1, 0.15) is 24.2 Å². The second-order valence-electron chi connectivity index (χ2n) is 3.17. The van der Waals surface area contributed by atoms with E-state index in [1.165, 1.54) is 0 Å². The third-order valence-corrected chi connectivity index (χ3v) is 2.92. The summed E-state index contributed by atoms with van der Waals surface area (Å²) in [6, 6.07) is 5.59. The molecule has 0 amide bonds. The van der Waals surface area contributed by atoms with Crippen molar-refractivity contribution >= 4 is 10.8 Å². The van der Waals surface area contributed by atoms with Crippen LogP contribution in [0.15, 0.2) is 23.1 Å². The highest BCUT2D eigenvalue weighted by atomic mass is 32.2. The van der Waals surface area contributed by atoms with Crippen LogP contribution in [0.2, 0.25) is 0 Å². The number of aliphatic hydroxyl groups is 1. The van der Waals surface area contributed by atoms with Crippen LogP contribution in [-0.2, 0) is 10.8 Å². The summed E-state index contributed by atoms with van der Waals surface area (Å²) in [5.74, 6) is 0. The van der Waals surface area contributed by atoms with Gasteiger partial charge in [-0.1, -0.05) is 17.7 Å². The van der Waals surface area contributed by atoms with Crippen molar-refractivity contribution in [2.75, 3.05) is 6.26 Å². The fourth-order valence-corrected chi connectivity index (χ4v) is 2.08. The van der Waals surface area contributed by atoms with Crippen LogP contribution >= 0.6 is 0 Å². The summed E-state index contributed by atoms with van der Waals surface area (Å²) < 4.78 is 11.3. The summed E-state index contributed by atoms with van der Waals surface area (Å²) in [7, 11) is -1.03. The average Bonchev–Trinajstić information content (AvgIpc) is 2.03. The molecule has 1 rings (SSSR count). The van der Waals surface area contributed by atoms with Crippen LogP contribution in [0.5, 0.6) is 0 Å². The lowest BCUT2D eigenvalue weighted by Crippen LogP contribution is -2.00. The van der Waals surface area contributed by atoms with Crippen LogP contribution in [0.3, 0.4) is 0 Å². The highest BCUT2D eigenvalue weighted by molar-refractivity contribution is 7.84. The van der Waals surface area contributed by atoms with Gasteiger partial charge in [-0.2, -0.15) is 0 Å². The van der Waals surface area contributed by atoms with Crippen molar-refractivity contribution in [3.05, 3.63) is 29.3 Å². The molecule has 0 aliphatic heterocycles. The number of aliphatic hydroxyl groups excluding tert-OH is 1. The zero-order chi connectivity index (χ0) is 10.0. The van der Waals surface area contributed by atoms with E-state index < -0.39 is 16.9 Å². The summed E-state index contributed by atoms with van der Waals surface area (Å²) in [5, 5.41) is 9.44. The first kappa shape index (κ1) is 10.4. The molecule has 13 heavy (non-hydrogen) atoms. The highest BCUT2D eigenvalue weighted by Gasteiger charge is 2.10. The summed E-state index contributed by atoms with van der Waals surface area (Å²) in [5.41, 5.74) is 1.84. The Bertz CT molecular complexity index is 332. The zero-order valence-electron chi connectivity index (χ0n) is 8.07. The molecule has 72 valence electrons. The number of hydrogen-bond donors (Lipinski definition) is 1. The predicted molar refractivity (Wildman–Crippen MR) is 54.1 cm³/mol. The van der Waals surface area contributed by atoms with Crippen molar-refractivity contribution in [1.29, 1.82) is 0 Å². The summed E-state index contributed by atoms with van der Waals surface area (Å²) in [6.07, 6.45) is 1.06. The molecular weight excluding hydrogens is 184 g/mol. The van der Waals surface area contributed by atoms with Gasteiger partial charge in [0.05, 0.1) is 16.9 Å². The predicted octanol–water partition coefficient (Wildman–Crippen LogP) is 1.79. The third kappa shape index (κ3) is 2.39. The lowest BCUT2D eigenvalue weighted by molar-refractivity contribution is 0.196. The maximum atomic E-state index is 11.3. The lowest BCUT2D eigenvalue weighted by atomic mass is 10.1.